The van der Waals surface area contributed by atoms with E-state index in [9.17, 15) is 14.7 Å². The van der Waals surface area contributed by atoms with Crippen molar-refractivity contribution in [1.29, 1.82) is 0 Å². The maximum atomic E-state index is 12.3. The van der Waals surface area contributed by atoms with E-state index < -0.39 is 17.4 Å². The van der Waals surface area contributed by atoms with E-state index in [1.165, 1.54) is 0 Å². The van der Waals surface area contributed by atoms with E-state index in [2.05, 4.69) is 26.2 Å². The van der Waals surface area contributed by atoms with Crippen LogP contribution in [0.1, 0.15) is 16.9 Å². The lowest BCUT2D eigenvalue weighted by molar-refractivity contribution is -0.144. The Hall–Kier alpha value is -1.86. The number of benzene rings is 1. The van der Waals surface area contributed by atoms with Crippen molar-refractivity contribution in [2.45, 2.75) is 12.0 Å². The fourth-order valence-corrected chi connectivity index (χ4v) is 2.77. The Morgan fingerprint density at radius 1 is 1.38 bits per heavy atom. The average Bonchev–Trinajstić information content (AvgIpc) is 3.05. The minimum atomic E-state index is -1.34. The third kappa shape index (κ3) is 2.54. The molecule has 2 heterocycles. The van der Waals surface area contributed by atoms with Crippen LogP contribution in [0, 0.1) is 0 Å². The molecule has 1 aromatic carbocycles. The van der Waals surface area contributed by atoms with Crippen LogP contribution in [0.4, 0.5) is 0 Å². The van der Waals surface area contributed by atoms with E-state index in [-0.39, 0.29) is 13.0 Å². The number of carboxylic acids is 1. The molecule has 0 saturated carbocycles. The van der Waals surface area contributed by atoms with Gasteiger partial charge in [-0.15, -0.1) is 0 Å². The zero-order chi connectivity index (χ0) is 15.0. The van der Waals surface area contributed by atoms with E-state index in [4.69, 9.17) is 4.74 Å². The van der Waals surface area contributed by atoms with Gasteiger partial charge in [-0.1, -0.05) is 15.9 Å². The number of aromatic amines is 1. The summed E-state index contributed by atoms with van der Waals surface area (Å²) in [5.41, 5.74) is -0.194. The number of carboxylic acid groups (broad SMARTS) is 1. The number of ether oxygens (including phenoxy) is 1. The summed E-state index contributed by atoms with van der Waals surface area (Å²) < 4.78 is 6.03. The molecular weight excluding hydrogens is 340 g/mol. The molecule has 1 aliphatic heterocycles. The first-order valence-electron chi connectivity index (χ1n) is 6.42. The van der Waals surface area contributed by atoms with Gasteiger partial charge in [0, 0.05) is 28.4 Å². The number of halogens is 1. The van der Waals surface area contributed by atoms with Gasteiger partial charge >= 0.3 is 5.97 Å². The molecule has 3 N–H and O–H groups in total. The van der Waals surface area contributed by atoms with Crippen molar-refractivity contribution in [1.82, 2.24) is 10.3 Å². The van der Waals surface area contributed by atoms with Crippen LogP contribution in [-0.2, 0) is 9.53 Å². The van der Waals surface area contributed by atoms with Crippen LogP contribution in [-0.4, -0.2) is 40.7 Å². The smallest absolute Gasteiger partial charge is 0.331 e. The molecule has 6 nitrogen and oxygen atoms in total. The molecule has 110 valence electrons. The SMILES string of the molecule is O=C(NC1(C(=O)O)CCOC1)c1cc2cc(Br)ccc2[nH]1. The van der Waals surface area contributed by atoms with E-state index in [1.807, 2.05) is 18.2 Å². The number of fused-ring (bicyclic) bond motifs is 1. The number of hydrogen-bond acceptors (Lipinski definition) is 3. The number of hydrogen-bond donors (Lipinski definition) is 3. The third-order valence-corrected chi connectivity index (χ3v) is 4.10. The first-order chi connectivity index (χ1) is 10.00. The van der Waals surface area contributed by atoms with E-state index in [0.717, 1.165) is 15.4 Å². The lowest BCUT2D eigenvalue weighted by atomic mass is 9.99. The number of amides is 1. The summed E-state index contributed by atoms with van der Waals surface area (Å²) in [7, 11) is 0. The van der Waals surface area contributed by atoms with Gasteiger partial charge in [0.05, 0.1) is 6.61 Å². The molecule has 1 amide bonds. The zero-order valence-corrected chi connectivity index (χ0v) is 12.6. The zero-order valence-electron chi connectivity index (χ0n) is 11.0. The van der Waals surface area contributed by atoms with Crippen LogP contribution in [0.5, 0.6) is 0 Å². The van der Waals surface area contributed by atoms with Crippen LogP contribution < -0.4 is 5.32 Å². The molecule has 1 saturated heterocycles. The minimum Gasteiger partial charge on any atom is -0.479 e. The number of carbonyl (C=O) groups excluding carboxylic acids is 1. The second-order valence-electron chi connectivity index (χ2n) is 5.06. The molecule has 0 bridgehead atoms. The van der Waals surface area contributed by atoms with Gasteiger partial charge in [-0.3, -0.25) is 4.79 Å². The fourth-order valence-electron chi connectivity index (χ4n) is 2.40. The number of rotatable bonds is 3. The van der Waals surface area contributed by atoms with Crippen molar-refractivity contribution in [3.8, 4) is 0 Å². The Morgan fingerprint density at radius 3 is 2.86 bits per heavy atom. The fraction of sp³-hybridized carbons (Fsp3) is 0.286. The number of aromatic nitrogens is 1. The van der Waals surface area contributed by atoms with Crippen LogP contribution in [0.15, 0.2) is 28.7 Å². The second kappa shape index (κ2) is 5.16. The van der Waals surface area contributed by atoms with E-state index in [1.54, 1.807) is 6.07 Å². The second-order valence-corrected chi connectivity index (χ2v) is 5.97. The standard InChI is InChI=1S/C14H13BrN2O4/c15-9-1-2-10-8(5-9)6-11(16-10)12(18)17-14(13(19)20)3-4-21-7-14/h1-2,5-6,16H,3-4,7H2,(H,17,18)(H,19,20). The molecular formula is C14H13BrN2O4. The van der Waals surface area contributed by atoms with Gasteiger partial charge < -0.3 is 20.1 Å². The summed E-state index contributed by atoms with van der Waals surface area (Å²) in [5.74, 6) is -1.53. The van der Waals surface area contributed by atoms with Crippen molar-refractivity contribution < 1.29 is 19.4 Å². The predicted molar refractivity (Wildman–Crippen MR) is 79.3 cm³/mol. The van der Waals surface area contributed by atoms with E-state index >= 15 is 0 Å². The molecule has 7 heteroatoms. The van der Waals surface area contributed by atoms with Gasteiger partial charge in [-0.05, 0) is 24.3 Å². The van der Waals surface area contributed by atoms with Crippen LogP contribution in [0.2, 0.25) is 0 Å². The van der Waals surface area contributed by atoms with Crippen LogP contribution in [0.3, 0.4) is 0 Å². The monoisotopic (exact) mass is 352 g/mol. The summed E-state index contributed by atoms with van der Waals surface area (Å²) in [4.78, 5) is 26.7. The summed E-state index contributed by atoms with van der Waals surface area (Å²) in [6.07, 6.45) is 0.264. The van der Waals surface area contributed by atoms with Gasteiger partial charge in [-0.2, -0.15) is 0 Å². The van der Waals surface area contributed by atoms with Gasteiger partial charge in [0.1, 0.15) is 5.69 Å². The molecule has 0 spiro atoms. The van der Waals surface area contributed by atoms with Crippen molar-refractivity contribution in [3.05, 3.63) is 34.4 Å². The Bertz CT molecular complexity index is 719. The largest absolute Gasteiger partial charge is 0.479 e. The molecule has 0 radical (unpaired) electrons. The minimum absolute atomic E-state index is 0.0140. The Kier molecular flexibility index (Phi) is 3.46. The number of nitrogens with one attached hydrogen (secondary N) is 2. The van der Waals surface area contributed by atoms with Crippen LogP contribution >= 0.6 is 15.9 Å². The average molecular weight is 353 g/mol. The molecule has 1 unspecified atom stereocenters. The maximum absolute atomic E-state index is 12.3. The van der Waals surface area contributed by atoms with Gasteiger partial charge in [0.25, 0.3) is 5.91 Å². The molecule has 1 aromatic heterocycles. The quantitative estimate of drug-likeness (QED) is 0.786. The number of H-pyrrole nitrogens is 1. The topological polar surface area (TPSA) is 91.4 Å². The highest BCUT2D eigenvalue weighted by molar-refractivity contribution is 9.10. The molecule has 1 atom stereocenters. The number of aliphatic carboxylic acids is 1. The Labute approximate surface area is 128 Å². The molecule has 1 fully saturated rings. The first kappa shape index (κ1) is 14.1. The van der Waals surface area contributed by atoms with Crippen LogP contribution in [0.25, 0.3) is 10.9 Å². The molecule has 0 aliphatic carbocycles. The molecule has 3 rings (SSSR count). The van der Waals surface area contributed by atoms with Gasteiger partial charge in [-0.25, -0.2) is 4.79 Å². The lowest BCUT2D eigenvalue weighted by Crippen LogP contribution is -2.55. The Balaban J connectivity index is 1.88. The lowest BCUT2D eigenvalue weighted by Gasteiger charge is -2.23. The Morgan fingerprint density at radius 2 is 2.19 bits per heavy atom. The summed E-state index contributed by atoms with van der Waals surface area (Å²) in [5, 5.41) is 12.8. The van der Waals surface area contributed by atoms with Gasteiger partial charge in [0.15, 0.2) is 5.54 Å². The maximum Gasteiger partial charge on any atom is 0.331 e. The highest BCUT2D eigenvalue weighted by Gasteiger charge is 2.44. The highest BCUT2D eigenvalue weighted by atomic mass is 79.9. The molecule has 2 aromatic rings. The first-order valence-corrected chi connectivity index (χ1v) is 7.21. The van der Waals surface area contributed by atoms with Crippen molar-refractivity contribution in [2.75, 3.05) is 13.2 Å². The summed E-state index contributed by atoms with van der Waals surface area (Å²) >= 11 is 3.37. The summed E-state index contributed by atoms with van der Waals surface area (Å²) in [6, 6.07) is 7.29. The predicted octanol–water partition coefficient (Wildman–Crippen LogP) is 1.90. The number of carbonyl (C=O) groups is 2. The normalized spacial score (nSPS) is 21.6. The van der Waals surface area contributed by atoms with Crippen molar-refractivity contribution >= 4 is 38.7 Å². The van der Waals surface area contributed by atoms with Crippen molar-refractivity contribution in [3.63, 3.8) is 0 Å². The van der Waals surface area contributed by atoms with Crippen molar-refractivity contribution in [2.24, 2.45) is 0 Å². The third-order valence-electron chi connectivity index (χ3n) is 3.61. The summed E-state index contributed by atoms with van der Waals surface area (Å²) in [6.45, 7) is 0.312. The molecule has 1 aliphatic rings. The van der Waals surface area contributed by atoms with Gasteiger partial charge in [0.2, 0.25) is 0 Å². The molecule has 21 heavy (non-hydrogen) atoms. The highest BCUT2D eigenvalue weighted by Crippen LogP contribution is 2.23. The van der Waals surface area contributed by atoms with E-state index in [0.29, 0.717) is 12.3 Å².